The van der Waals surface area contributed by atoms with Crippen LogP contribution in [0.3, 0.4) is 0 Å². The summed E-state index contributed by atoms with van der Waals surface area (Å²) in [6.07, 6.45) is 1.01. The average molecular weight is 541 g/mol. The number of carbonyl (C=O) groups is 3. The Morgan fingerprint density at radius 1 is 1.00 bits per heavy atom. The third-order valence-corrected chi connectivity index (χ3v) is 7.29. The second-order valence-corrected chi connectivity index (χ2v) is 10.2. The van der Waals surface area contributed by atoms with E-state index in [4.69, 9.17) is 0 Å². The molecule has 0 saturated carbocycles. The van der Waals surface area contributed by atoms with Crippen LogP contribution in [0.25, 0.3) is 10.9 Å². The van der Waals surface area contributed by atoms with Gasteiger partial charge in [0.25, 0.3) is 5.91 Å². The number of aromatic amines is 1. The van der Waals surface area contributed by atoms with E-state index in [9.17, 15) is 24.6 Å². The zero-order chi connectivity index (χ0) is 28.2. The van der Waals surface area contributed by atoms with Gasteiger partial charge in [-0.15, -0.1) is 0 Å². The number of aromatic nitrogens is 1. The number of likely N-dealkylation sites (tertiary alicyclic amines) is 1. The first kappa shape index (κ1) is 27.0. The molecule has 0 bridgehead atoms. The van der Waals surface area contributed by atoms with Crippen molar-refractivity contribution in [3.63, 3.8) is 0 Å². The zero-order valence-corrected chi connectivity index (χ0v) is 22.2. The number of fused-ring (bicyclic) bond motifs is 1. The van der Waals surface area contributed by atoms with Crippen LogP contribution in [-0.4, -0.2) is 74.5 Å². The van der Waals surface area contributed by atoms with Crippen molar-refractivity contribution in [3.8, 4) is 5.75 Å². The maximum atomic E-state index is 13.6. The number of aliphatic hydroxyl groups is 1. The molecule has 0 aliphatic carbocycles. The second kappa shape index (κ2) is 11.6. The van der Waals surface area contributed by atoms with E-state index in [1.807, 2.05) is 54.6 Å². The molecule has 1 fully saturated rings. The van der Waals surface area contributed by atoms with Crippen LogP contribution in [-0.2, 0) is 22.6 Å². The summed E-state index contributed by atoms with van der Waals surface area (Å²) in [4.78, 5) is 46.8. The molecule has 1 saturated heterocycles. The van der Waals surface area contributed by atoms with Gasteiger partial charge in [-0.25, -0.2) is 0 Å². The number of carbonyl (C=O) groups excluding carboxylic acids is 3. The van der Waals surface area contributed by atoms with E-state index in [0.717, 1.165) is 22.0 Å². The lowest BCUT2D eigenvalue weighted by molar-refractivity contribution is -0.136. The minimum atomic E-state index is -0.939. The number of para-hydroxylation sites is 1. The van der Waals surface area contributed by atoms with Crippen molar-refractivity contribution in [2.24, 2.45) is 0 Å². The molecule has 206 valence electrons. The van der Waals surface area contributed by atoms with Crippen molar-refractivity contribution < 1.29 is 24.6 Å². The number of benzene rings is 3. The van der Waals surface area contributed by atoms with Crippen LogP contribution >= 0.6 is 0 Å². The molecule has 9 nitrogen and oxygen atoms in total. The van der Waals surface area contributed by atoms with Crippen molar-refractivity contribution in [2.75, 3.05) is 13.6 Å². The Labute approximate surface area is 232 Å². The number of amides is 3. The predicted molar refractivity (Wildman–Crippen MR) is 150 cm³/mol. The smallest absolute Gasteiger partial charge is 0.256 e. The first-order chi connectivity index (χ1) is 19.3. The molecule has 1 aromatic heterocycles. The van der Waals surface area contributed by atoms with Gasteiger partial charge in [-0.2, -0.15) is 0 Å². The number of likely N-dealkylation sites (N-methyl/N-ethyl adjacent to an activating group) is 1. The highest BCUT2D eigenvalue weighted by molar-refractivity contribution is 6.08. The second-order valence-electron chi connectivity index (χ2n) is 10.2. The fourth-order valence-electron chi connectivity index (χ4n) is 5.23. The molecule has 3 amide bonds. The van der Waals surface area contributed by atoms with Gasteiger partial charge in [0.2, 0.25) is 11.8 Å². The number of H-pyrrole nitrogens is 1. The third-order valence-electron chi connectivity index (χ3n) is 7.29. The summed E-state index contributed by atoms with van der Waals surface area (Å²) in [5, 5.41) is 23.7. The third kappa shape index (κ3) is 5.84. The molecule has 3 aromatic carbocycles. The Hall–Kier alpha value is -4.63. The first-order valence-corrected chi connectivity index (χ1v) is 13.2. The van der Waals surface area contributed by atoms with Gasteiger partial charge in [0.1, 0.15) is 17.8 Å². The van der Waals surface area contributed by atoms with E-state index in [1.165, 1.54) is 17.0 Å². The highest BCUT2D eigenvalue weighted by Gasteiger charge is 2.41. The van der Waals surface area contributed by atoms with Crippen LogP contribution in [0.4, 0.5) is 0 Å². The van der Waals surface area contributed by atoms with Gasteiger partial charge in [0.15, 0.2) is 0 Å². The number of hydrogen-bond donors (Lipinski definition) is 4. The number of rotatable bonds is 8. The van der Waals surface area contributed by atoms with E-state index in [0.29, 0.717) is 12.1 Å². The van der Waals surface area contributed by atoms with Gasteiger partial charge in [0.05, 0.1) is 11.7 Å². The van der Waals surface area contributed by atoms with Crippen LogP contribution < -0.4 is 5.32 Å². The largest absolute Gasteiger partial charge is 0.508 e. The number of aromatic hydroxyl groups is 1. The molecule has 0 spiro atoms. The van der Waals surface area contributed by atoms with E-state index in [-0.39, 0.29) is 37.0 Å². The molecule has 4 N–H and O–H groups in total. The Morgan fingerprint density at radius 2 is 1.70 bits per heavy atom. The van der Waals surface area contributed by atoms with Crippen molar-refractivity contribution in [2.45, 2.75) is 37.6 Å². The van der Waals surface area contributed by atoms with Crippen LogP contribution in [0.2, 0.25) is 0 Å². The van der Waals surface area contributed by atoms with E-state index >= 15 is 0 Å². The van der Waals surface area contributed by atoms with Gasteiger partial charge in [-0.05, 0) is 29.3 Å². The van der Waals surface area contributed by atoms with Crippen molar-refractivity contribution in [1.29, 1.82) is 0 Å². The number of nitrogens with one attached hydrogen (secondary N) is 2. The molecule has 2 heterocycles. The summed E-state index contributed by atoms with van der Waals surface area (Å²) < 4.78 is 0. The van der Waals surface area contributed by atoms with E-state index in [2.05, 4.69) is 10.3 Å². The molecule has 4 aromatic rings. The highest BCUT2D eigenvalue weighted by Crippen LogP contribution is 2.25. The average Bonchev–Trinajstić information content (AvgIpc) is 3.57. The quantitative estimate of drug-likeness (QED) is 0.274. The van der Waals surface area contributed by atoms with E-state index < -0.39 is 24.1 Å². The maximum Gasteiger partial charge on any atom is 0.256 e. The predicted octanol–water partition coefficient (Wildman–Crippen LogP) is 2.83. The molecule has 3 atom stereocenters. The number of β-amino-alcohol motifs (C(OH)–C–C–N with tert-alkyl or cyclic N) is 1. The standard InChI is InChI=1S/C31H32N4O5/c1-34(18-21-7-3-2-4-8-21)31(40)27(15-20-11-13-22(36)14-12-20)33-29(38)28-16-23(37)19-35(28)30(39)25-17-32-26-10-6-5-9-24(25)26/h2-14,17,23,27-28,32,36-37H,15-16,18-19H2,1H3,(H,33,38)/t23?,27-,28-/m0/s1. The van der Waals surface area contributed by atoms with Gasteiger partial charge in [-0.1, -0.05) is 60.7 Å². The van der Waals surface area contributed by atoms with Crippen LogP contribution in [0.15, 0.2) is 85.1 Å². The van der Waals surface area contributed by atoms with Crippen LogP contribution in [0.5, 0.6) is 5.75 Å². The molecule has 1 aliphatic heterocycles. The topological polar surface area (TPSA) is 126 Å². The zero-order valence-electron chi connectivity index (χ0n) is 22.2. The molecule has 5 rings (SSSR count). The molecule has 1 aliphatic rings. The van der Waals surface area contributed by atoms with E-state index in [1.54, 1.807) is 30.3 Å². The summed E-state index contributed by atoms with van der Waals surface area (Å²) in [6, 6.07) is 21.5. The minimum Gasteiger partial charge on any atom is -0.508 e. The van der Waals surface area contributed by atoms with Gasteiger partial charge >= 0.3 is 0 Å². The monoisotopic (exact) mass is 540 g/mol. The molecular weight excluding hydrogens is 508 g/mol. The summed E-state index contributed by atoms with van der Waals surface area (Å²) in [5.74, 6) is -1.06. The van der Waals surface area contributed by atoms with Gasteiger partial charge < -0.3 is 30.3 Å². The SMILES string of the molecule is CN(Cc1ccccc1)C(=O)[C@H](Cc1ccc(O)cc1)NC(=O)[C@@H]1CC(O)CN1C(=O)c1c[nH]c2ccccc12. The molecule has 1 unspecified atom stereocenters. The number of phenolic OH excluding ortho intramolecular Hbond substituents is 1. The van der Waals surface area contributed by atoms with Crippen LogP contribution in [0.1, 0.15) is 27.9 Å². The van der Waals surface area contributed by atoms with Crippen molar-refractivity contribution in [1.82, 2.24) is 20.1 Å². The lowest BCUT2D eigenvalue weighted by Gasteiger charge is -2.28. The van der Waals surface area contributed by atoms with Crippen molar-refractivity contribution in [3.05, 3.63) is 102 Å². The Morgan fingerprint density at radius 3 is 2.45 bits per heavy atom. The Balaban J connectivity index is 1.37. The number of hydrogen-bond acceptors (Lipinski definition) is 5. The molecular formula is C31H32N4O5. The molecule has 40 heavy (non-hydrogen) atoms. The first-order valence-electron chi connectivity index (χ1n) is 13.2. The summed E-state index contributed by atoms with van der Waals surface area (Å²) in [6.45, 7) is 0.371. The number of aliphatic hydroxyl groups excluding tert-OH is 1. The highest BCUT2D eigenvalue weighted by atomic mass is 16.3. The Bertz CT molecular complexity index is 1500. The summed E-state index contributed by atoms with van der Waals surface area (Å²) in [7, 11) is 1.68. The van der Waals surface area contributed by atoms with Gasteiger partial charge in [0, 0.05) is 50.1 Å². The lowest BCUT2D eigenvalue weighted by Crippen LogP contribution is -2.54. The van der Waals surface area contributed by atoms with Crippen molar-refractivity contribution >= 4 is 28.6 Å². The molecule has 9 heteroatoms. The summed E-state index contributed by atoms with van der Waals surface area (Å²) in [5.41, 5.74) is 2.92. The normalized spacial score (nSPS) is 17.5. The number of nitrogens with zero attached hydrogens (tertiary/aromatic N) is 2. The van der Waals surface area contributed by atoms with Gasteiger partial charge in [-0.3, -0.25) is 14.4 Å². The number of phenols is 1. The van der Waals surface area contributed by atoms with Crippen LogP contribution in [0, 0.1) is 0 Å². The fourth-order valence-corrected chi connectivity index (χ4v) is 5.23. The maximum absolute atomic E-state index is 13.6. The fraction of sp³-hybridized carbons (Fsp3) is 0.258. The lowest BCUT2D eigenvalue weighted by atomic mass is 10.0. The Kier molecular flexibility index (Phi) is 7.84. The molecule has 0 radical (unpaired) electrons. The summed E-state index contributed by atoms with van der Waals surface area (Å²) >= 11 is 0. The minimum absolute atomic E-state index is 0.0148.